The van der Waals surface area contributed by atoms with Crippen molar-refractivity contribution in [3.05, 3.63) is 35.9 Å². The predicted octanol–water partition coefficient (Wildman–Crippen LogP) is 2.37. The van der Waals surface area contributed by atoms with E-state index < -0.39 is 0 Å². The molecule has 0 saturated heterocycles. The summed E-state index contributed by atoms with van der Waals surface area (Å²) in [6.07, 6.45) is 2.14. The molecule has 0 aromatic heterocycles. The van der Waals surface area contributed by atoms with Crippen molar-refractivity contribution in [1.82, 2.24) is 4.90 Å². The van der Waals surface area contributed by atoms with Crippen LogP contribution in [-0.2, 0) is 0 Å². The van der Waals surface area contributed by atoms with Crippen LogP contribution in [0.3, 0.4) is 0 Å². The Morgan fingerprint density at radius 3 is 2.44 bits per heavy atom. The summed E-state index contributed by atoms with van der Waals surface area (Å²) in [6, 6.07) is 11.4. The zero-order chi connectivity index (χ0) is 12.0. The third-order valence-corrected chi connectivity index (χ3v) is 3.82. The Balaban J connectivity index is 2.74. The van der Waals surface area contributed by atoms with Gasteiger partial charge in [0.05, 0.1) is 0 Å². The van der Waals surface area contributed by atoms with Crippen molar-refractivity contribution in [3.63, 3.8) is 0 Å². The first-order valence-corrected chi connectivity index (χ1v) is 7.06. The molecule has 0 aliphatic rings. The Morgan fingerprint density at radius 1 is 1.31 bits per heavy atom. The summed E-state index contributed by atoms with van der Waals surface area (Å²) in [5, 5.41) is 0. The molecule has 0 amide bonds. The van der Waals surface area contributed by atoms with Crippen LogP contribution in [-0.4, -0.2) is 36.5 Å². The van der Waals surface area contributed by atoms with Crippen LogP contribution in [0, 0.1) is 0 Å². The zero-order valence-electron chi connectivity index (χ0n) is 10.4. The molecule has 0 aliphatic carbocycles. The number of thioether (sulfide) groups is 1. The molecule has 16 heavy (non-hydrogen) atoms. The first-order valence-electron chi connectivity index (χ1n) is 5.66. The van der Waals surface area contributed by atoms with E-state index in [1.54, 1.807) is 0 Å². The van der Waals surface area contributed by atoms with E-state index in [9.17, 15) is 0 Å². The molecule has 2 N–H and O–H groups in total. The van der Waals surface area contributed by atoms with Gasteiger partial charge in [0.1, 0.15) is 0 Å². The van der Waals surface area contributed by atoms with Crippen LogP contribution in [0.4, 0.5) is 0 Å². The van der Waals surface area contributed by atoms with Gasteiger partial charge in [-0.3, -0.25) is 4.90 Å². The van der Waals surface area contributed by atoms with Gasteiger partial charge >= 0.3 is 0 Å². The molecule has 1 rings (SSSR count). The van der Waals surface area contributed by atoms with E-state index in [0.29, 0.717) is 18.6 Å². The van der Waals surface area contributed by atoms with Crippen molar-refractivity contribution in [3.8, 4) is 0 Å². The van der Waals surface area contributed by atoms with Crippen LogP contribution in [0.5, 0.6) is 0 Å². The van der Waals surface area contributed by atoms with Gasteiger partial charge in [-0.2, -0.15) is 11.8 Å². The maximum Gasteiger partial charge on any atom is 0.0470 e. The molecule has 3 heteroatoms. The molecular weight excluding hydrogens is 216 g/mol. The van der Waals surface area contributed by atoms with Crippen LogP contribution in [0.15, 0.2) is 30.3 Å². The lowest BCUT2D eigenvalue weighted by molar-refractivity contribution is 0.204. The quantitative estimate of drug-likeness (QED) is 0.825. The minimum atomic E-state index is 0.323. The first-order chi connectivity index (χ1) is 7.70. The highest BCUT2D eigenvalue weighted by Gasteiger charge is 2.19. The second-order valence-corrected chi connectivity index (χ2v) is 5.04. The smallest absolute Gasteiger partial charge is 0.0470 e. The number of hydrogen-bond acceptors (Lipinski definition) is 3. The largest absolute Gasteiger partial charge is 0.329 e. The minimum Gasteiger partial charge on any atom is -0.329 e. The Kier molecular flexibility index (Phi) is 5.88. The highest BCUT2D eigenvalue weighted by Crippen LogP contribution is 2.21. The molecule has 0 bridgehead atoms. The summed E-state index contributed by atoms with van der Waals surface area (Å²) in [7, 11) is 2.16. The van der Waals surface area contributed by atoms with E-state index in [4.69, 9.17) is 5.73 Å². The standard InChI is InChI=1S/C13H22N2S/c1-11(10-16-3)15(2)13(9-14)12-7-5-4-6-8-12/h4-8,11,13H,9-10,14H2,1-3H3. The molecule has 0 saturated carbocycles. The Bertz CT molecular complexity index is 289. The van der Waals surface area contributed by atoms with Crippen molar-refractivity contribution in [2.24, 2.45) is 5.73 Å². The molecule has 0 heterocycles. The number of nitrogens with zero attached hydrogens (tertiary/aromatic N) is 1. The molecular formula is C13H22N2S. The van der Waals surface area contributed by atoms with Gasteiger partial charge in [0.25, 0.3) is 0 Å². The van der Waals surface area contributed by atoms with Gasteiger partial charge < -0.3 is 5.73 Å². The van der Waals surface area contributed by atoms with Crippen molar-refractivity contribution in [1.29, 1.82) is 0 Å². The molecule has 90 valence electrons. The molecule has 0 spiro atoms. The second kappa shape index (κ2) is 6.94. The average Bonchev–Trinajstić information content (AvgIpc) is 2.31. The Labute approximate surface area is 103 Å². The third-order valence-electron chi connectivity index (χ3n) is 3.00. The van der Waals surface area contributed by atoms with Gasteiger partial charge in [0, 0.05) is 24.4 Å². The summed E-state index contributed by atoms with van der Waals surface area (Å²) in [4.78, 5) is 2.37. The predicted molar refractivity (Wildman–Crippen MR) is 73.8 cm³/mol. The molecule has 1 aromatic rings. The fourth-order valence-electron chi connectivity index (χ4n) is 1.88. The van der Waals surface area contributed by atoms with E-state index in [0.717, 1.165) is 5.75 Å². The van der Waals surface area contributed by atoms with Crippen LogP contribution in [0.2, 0.25) is 0 Å². The molecule has 0 fully saturated rings. The third kappa shape index (κ3) is 3.51. The van der Waals surface area contributed by atoms with E-state index in [1.165, 1.54) is 5.56 Å². The van der Waals surface area contributed by atoms with E-state index in [2.05, 4.69) is 49.4 Å². The molecule has 2 unspecified atom stereocenters. The monoisotopic (exact) mass is 238 g/mol. The number of benzene rings is 1. The zero-order valence-corrected chi connectivity index (χ0v) is 11.2. The number of nitrogens with two attached hydrogens (primary N) is 1. The van der Waals surface area contributed by atoms with E-state index >= 15 is 0 Å². The van der Waals surface area contributed by atoms with Gasteiger partial charge in [-0.25, -0.2) is 0 Å². The highest BCUT2D eigenvalue weighted by atomic mass is 32.2. The number of likely N-dealkylation sites (N-methyl/N-ethyl adjacent to an activating group) is 1. The summed E-state index contributed by atoms with van der Waals surface area (Å²) in [5.74, 6) is 1.14. The molecule has 0 aliphatic heterocycles. The summed E-state index contributed by atoms with van der Waals surface area (Å²) in [5.41, 5.74) is 7.20. The van der Waals surface area contributed by atoms with Crippen LogP contribution >= 0.6 is 11.8 Å². The lowest BCUT2D eigenvalue weighted by Crippen LogP contribution is -2.38. The number of hydrogen-bond donors (Lipinski definition) is 1. The second-order valence-electron chi connectivity index (χ2n) is 4.13. The van der Waals surface area contributed by atoms with E-state index in [-0.39, 0.29) is 0 Å². The molecule has 2 atom stereocenters. The summed E-state index contributed by atoms with van der Waals surface area (Å²) in [6.45, 7) is 2.92. The summed E-state index contributed by atoms with van der Waals surface area (Å²) < 4.78 is 0. The van der Waals surface area contributed by atoms with E-state index in [1.807, 2.05) is 17.8 Å². The Hall–Kier alpha value is -0.510. The van der Waals surface area contributed by atoms with Gasteiger partial charge in [0.2, 0.25) is 0 Å². The van der Waals surface area contributed by atoms with Gasteiger partial charge in [-0.05, 0) is 25.8 Å². The maximum atomic E-state index is 5.89. The normalized spacial score (nSPS) is 15.1. The lowest BCUT2D eigenvalue weighted by Gasteiger charge is -2.32. The summed E-state index contributed by atoms with van der Waals surface area (Å²) >= 11 is 1.88. The number of rotatable bonds is 6. The average molecular weight is 238 g/mol. The fraction of sp³-hybridized carbons (Fsp3) is 0.538. The van der Waals surface area contributed by atoms with Crippen LogP contribution in [0.1, 0.15) is 18.5 Å². The van der Waals surface area contributed by atoms with Gasteiger partial charge in [0.15, 0.2) is 0 Å². The highest BCUT2D eigenvalue weighted by molar-refractivity contribution is 7.98. The van der Waals surface area contributed by atoms with Gasteiger partial charge in [-0.15, -0.1) is 0 Å². The fourth-order valence-corrected chi connectivity index (χ4v) is 2.60. The molecule has 1 aromatic carbocycles. The van der Waals surface area contributed by atoms with Crippen LogP contribution in [0.25, 0.3) is 0 Å². The van der Waals surface area contributed by atoms with Crippen molar-refractivity contribution in [2.45, 2.75) is 19.0 Å². The van der Waals surface area contributed by atoms with Crippen LogP contribution < -0.4 is 5.73 Å². The topological polar surface area (TPSA) is 29.3 Å². The Morgan fingerprint density at radius 2 is 1.94 bits per heavy atom. The molecule has 2 nitrogen and oxygen atoms in total. The van der Waals surface area contributed by atoms with Crippen molar-refractivity contribution >= 4 is 11.8 Å². The minimum absolute atomic E-state index is 0.323. The molecule has 0 radical (unpaired) electrons. The van der Waals surface area contributed by atoms with Gasteiger partial charge in [-0.1, -0.05) is 30.3 Å². The lowest BCUT2D eigenvalue weighted by atomic mass is 10.0. The maximum absolute atomic E-state index is 5.89. The SMILES string of the molecule is CSCC(C)N(C)C(CN)c1ccccc1. The first kappa shape index (κ1) is 13.6. The van der Waals surface area contributed by atoms with Crippen molar-refractivity contribution in [2.75, 3.05) is 25.6 Å². The van der Waals surface area contributed by atoms with Crippen molar-refractivity contribution < 1.29 is 0 Å².